The van der Waals surface area contributed by atoms with E-state index in [-0.39, 0.29) is 11.1 Å². The summed E-state index contributed by atoms with van der Waals surface area (Å²) in [5, 5.41) is 11.9. The Balaban J connectivity index is 2.15. The zero-order valence-electron chi connectivity index (χ0n) is 9.81. The molecule has 2 aromatic rings. The highest BCUT2D eigenvalue weighted by Crippen LogP contribution is 2.36. The third-order valence-corrected chi connectivity index (χ3v) is 4.50. The molecule has 0 saturated carbocycles. The maximum atomic E-state index is 10.9. The van der Waals surface area contributed by atoms with Crippen molar-refractivity contribution >= 4 is 46.5 Å². The van der Waals surface area contributed by atoms with E-state index in [1.165, 1.54) is 30.2 Å². The third-order valence-electron chi connectivity index (χ3n) is 2.12. The van der Waals surface area contributed by atoms with Crippen LogP contribution in [0.2, 0.25) is 5.15 Å². The van der Waals surface area contributed by atoms with E-state index in [9.17, 15) is 4.79 Å². The Hall–Kier alpha value is -1.55. The van der Waals surface area contributed by atoms with E-state index in [0.717, 1.165) is 14.8 Å². The van der Waals surface area contributed by atoms with Crippen LogP contribution in [0, 0.1) is 11.3 Å². The largest absolute Gasteiger partial charge is 0.326 e. The maximum Gasteiger partial charge on any atom is 0.221 e. The molecule has 0 unspecified atom stereocenters. The highest BCUT2D eigenvalue weighted by Gasteiger charge is 2.12. The van der Waals surface area contributed by atoms with Crippen LogP contribution in [0.5, 0.6) is 0 Å². The van der Waals surface area contributed by atoms with E-state index >= 15 is 0 Å². The number of rotatable bonds is 3. The molecule has 0 radical (unpaired) electrons. The third kappa shape index (κ3) is 3.47. The summed E-state index contributed by atoms with van der Waals surface area (Å²) >= 11 is 8.43. The Morgan fingerprint density at radius 1 is 1.47 bits per heavy atom. The first-order valence-corrected chi connectivity index (χ1v) is 7.17. The molecule has 1 aromatic carbocycles. The van der Waals surface area contributed by atoms with Crippen LogP contribution < -0.4 is 5.32 Å². The Morgan fingerprint density at radius 2 is 2.16 bits per heavy atom. The average molecular weight is 310 g/mol. The number of carbonyl (C=O) groups excluding carboxylic acids is 1. The molecular formula is C12H8ClN3OS2. The van der Waals surface area contributed by atoms with Gasteiger partial charge in [-0.3, -0.25) is 4.79 Å². The van der Waals surface area contributed by atoms with Gasteiger partial charge in [0.05, 0.1) is 0 Å². The minimum Gasteiger partial charge on any atom is -0.326 e. The van der Waals surface area contributed by atoms with Crippen LogP contribution in [0.1, 0.15) is 12.5 Å². The minimum absolute atomic E-state index is 0.110. The number of halogens is 1. The summed E-state index contributed by atoms with van der Waals surface area (Å²) in [5.41, 5.74) is 1.14. The van der Waals surface area contributed by atoms with Crippen molar-refractivity contribution in [2.75, 3.05) is 5.32 Å². The van der Waals surface area contributed by atoms with E-state index in [2.05, 4.69) is 9.69 Å². The zero-order chi connectivity index (χ0) is 13.8. The van der Waals surface area contributed by atoms with Crippen molar-refractivity contribution in [2.24, 2.45) is 0 Å². The molecule has 1 aromatic heterocycles. The molecule has 0 aliphatic heterocycles. The molecule has 1 N–H and O–H groups in total. The number of nitrogens with zero attached hydrogens (tertiary/aromatic N) is 2. The van der Waals surface area contributed by atoms with Crippen molar-refractivity contribution in [3.8, 4) is 6.07 Å². The van der Waals surface area contributed by atoms with Crippen LogP contribution in [0.3, 0.4) is 0 Å². The average Bonchev–Trinajstić information content (AvgIpc) is 2.71. The van der Waals surface area contributed by atoms with Crippen LogP contribution in [0.25, 0.3) is 0 Å². The number of nitriles is 1. The van der Waals surface area contributed by atoms with Crippen molar-refractivity contribution in [1.29, 1.82) is 5.26 Å². The smallest absolute Gasteiger partial charge is 0.221 e. The predicted molar refractivity (Wildman–Crippen MR) is 76.7 cm³/mol. The van der Waals surface area contributed by atoms with Crippen LogP contribution >= 0.6 is 34.9 Å². The molecule has 0 aliphatic carbocycles. The molecule has 0 aliphatic rings. The predicted octanol–water partition coefficient (Wildman–Crippen LogP) is 3.78. The molecule has 1 amide bonds. The summed E-state index contributed by atoms with van der Waals surface area (Å²) in [4.78, 5) is 11.9. The highest BCUT2D eigenvalue weighted by atomic mass is 35.5. The SMILES string of the molecule is CC(=O)Nc1ccc(Sc2snc(Cl)c2C#N)cc1. The van der Waals surface area contributed by atoms with Gasteiger partial charge in [-0.25, -0.2) is 0 Å². The second kappa shape index (κ2) is 6.06. The number of hydrogen-bond acceptors (Lipinski definition) is 5. The molecule has 0 spiro atoms. The first kappa shape index (κ1) is 13.9. The number of nitrogens with one attached hydrogen (secondary N) is 1. The fourth-order valence-electron chi connectivity index (χ4n) is 1.34. The lowest BCUT2D eigenvalue weighted by Gasteiger charge is -2.03. The first-order valence-electron chi connectivity index (χ1n) is 5.21. The Kier molecular flexibility index (Phi) is 4.43. The molecule has 0 atom stereocenters. The molecule has 0 fully saturated rings. The molecule has 19 heavy (non-hydrogen) atoms. The lowest BCUT2D eigenvalue weighted by Crippen LogP contribution is -2.05. The van der Waals surface area contributed by atoms with E-state index in [1.54, 1.807) is 12.1 Å². The Labute approximate surface area is 123 Å². The van der Waals surface area contributed by atoms with Crippen LogP contribution in [0.15, 0.2) is 33.4 Å². The summed E-state index contributed by atoms with van der Waals surface area (Å²) < 4.78 is 4.71. The van der Waals surface area contributed by atoms with Crippen LogP contribution in [-0.2, 0) is 4.79 Å². The standard InChI is InChI=1S/C12H8ClN3OS2/c1-7(17)15-8-2-4-9(5-3-8)18-12-10(6-14)11(13)16-19-12/h2-5H,1H3,(H,15,17). The second-order valence-electron chi connectivity index (χ2n) is 3.56. The quantitative estimate of drug-likeness (QED) is 0.937. The number of amides is 1. The van der Waals surface area contributed by atoms with Gasteiger partial charge < -0.3 is 5.32 Å². The van der Waals surface area contributed by atoms with Gasteiger partial charge in [0, 0.05) is 17.5 Å². The maximum absolute atomic E-state index is 10.9. The molecular weight excluding hydrogens is 302 g/mol. The summed E-state index contributed by atoms with van der Waals surface area (Å²) in [6, 6.07) is 9.38. The van der Waals surface area contributed by atoms with Crippen molar-refractivity contribution in [1.82, 2.24) is 4.37 Å². The Bertz CT molecular complexity index is 646. The lowest BCUT2D eigenvalue weighted by atomic mass is 10.3. The molecule has 7 heteroatoms. The van der Waals surface area contributed by atoms with E-state index in [1.807, 2.05) is 18.2 Å². The highest BCUT2D eigenvalue weighted by molar-refractivity contribution is 8.01. The van der Waals surface area contributed by atoms with Gasteiger partial charge in [0.1, 0.15) is 15.8 Å². The number of benzene rings is 1. The number of carbonyl (C=O) groups is 1. The van der Waals surface area contributed by atoms with Crippen LogP contribution in [0.4, 0.5) is 5.69 Å². The molecule has 96 valence electrons. The fourth-order valence-corrected chi connectivity index (χ4v) is 3.46. The van der Waals surface area contributed by atoms with Gasteiger partial charge in [0.15, 0.2) is 5.15 Å². The van der Waals surface area contributed by atoms with E-state index in [0.29, 0.717) is 5.56 Å². The molecule has 2 rings (SSSR count). The lowest BCUT2D eigenvalue weighted by molar-refractivity contribution is -0.114. The van der Waals surface area contributed by atoms with E-state index < -0.39 is 0 Å². The minimum atomic E-state index is -0.110. The van der Waals surface area contributed by atoms with Crippen LogP contribution in [-0.4, -0.2) is 10.3 Å². The Morgan fingerprint density at radius 3 is 2.74 bits per heavy atom. The van der Waals surface area contributed by atoms with Gasteiger partial charge in [0.2, 0.25) is 5.91 Å². The number of aromatic nitrogens is 1. The second-order valence-corrected chi connectivity index (χ2v) is 6.03. The summed E-state index contributed by atoms with van der Waals surface area (Å²) in [6.45, 7) is 1.46. The number of hydrogen-bond donors (Lipinski definition) is 1. The molecule has 0 bridgehead atoms. The summed E-state index contributed by atoms with van der Waals surface area (Å²) in [6.07, 6.45) is 0. The number of anilines is 1. The zero-order valence-corrected chi connectivity index (χ0v) is 12.2. The van der Waals surface area contributed by atoms with Gasteiger partial charge in [-0.1, -0.05) is 23.4 Å². The molecule has 0 saturated heterocycles. The molecule has 4 nitrogen and oxygen atoms in total. The van der Waals surface area contributed by atoms with Crippen molar-refractivity contribution in [3.05, 3.63) is 35.0 Å². The van der Waals surface area contributed by atoms with Crippen molar-refractivity contribution in [2.45, 2.75) is 16.0 Å². The fraction of sp³-hybridized carbons (Fsp3) is 0.0833. The topological polar surface area (TPSA) is 65.8 Å². The van der Waals surface area contributed by atoms with Gasteiger partial charge in [-0.2, -0.15) is 9.64 Å². The van der Waals surface area contributed by atoms with Gasteiger partial charge >= 0.3 is 0 Å². The van der Waals surface area contributed by atoms with E-state index in [4.69, 9.17) is 16.9 Å². The van der Waals surface area contributed by atoms with Gasteiger partial charge in [-0.15, -0.1) is 0 Å². The van der Waals surface area contributed by atoms with Crippen molar-refractivity contribution in [3.63, 3.8) is 0 Å². The van der Waals surface area contributed by atoms with Gasteiger partial charge in [-0.05, 0) is 35.8 Å². The van der Waals surface area contributed by atoms with Crippen molar-refractivity contribution < 1.29 is 4.79 Å². The molecule has 1 heterocycles. The summed E-state index contributed by atoms with van der Waals surface area (Å²) in [7, 11) is 0. The van der Waals surface area contributed by atoms with Gasteiger partial charge in [0.25, 0.3) is 0 Å². The normalized spacial score (nSPS) is 9.95. The summed E-state index contributed by atoms with van der Waals surface area (Å²) in [5.74, 6) is -0.110. The first-order chi connectivity index (χ1) is 9.10. The monoisotopic (exact) mass is 309 g/mol.